The van der Waals surface area contributed by atoms with Gasteiger partial charge in [-0.05, 0) is 36.1 Å². The van der Waals surface area contributed by atoms with E-state index in [4.69, 9.17) is 11.6 Å². The third-order valence-electron chi connectivity index (χ3n) is 4.91. The van der Waals surface area contributed by atoms with Gasteiger partial charge in [0.25, 0.3) is 0 Å². The van der Waals surface area contributed by atoms with Gasteiger partial charge in [-0.15, -0.1) is 0 Å². The highest BCUT2D eigenvalue weighted by Gasteiger charge is 2.40. The lowest BCUT2D eigenvalue weighted by Crippen LogP contribution is -2.30. The number of halogens is 2. The molecule has 5 heteroatoms. The number of benzene rings is 2. The monoisotopic (exact) mass is 343 g/mol. The van der Waals surface area contributed by atoms with E-state index in [1.165, 1.54) is 12.1 Å². The molecule has 2 aromatic rings. The average Bonchev–Trinajstić information content (AvgIpc) is 3.05. The highest BCUT2D eigenvalue weighted by Crippen LogP contribution is 2.52. The molecule has 0 amide bonds. The Bertz CT molecular complexity index is 864. The summed E-state index contributed by atoms with van der Waals surface area (Å²) in [5, 5.41) is 13.0. The van der Waals surface area contributed by atoms with Gasteiger partial charge >= 0.3 is 5.97 Å². The van der Waals surface area contributed by atoms with Crippen LogP contribution in [0, 0.1) is 11.7 Å². The van der Waals surface area contributed by atoms with Crippen molar-refractivity contribution < 1.29 is 14.3 Å². The maximum Gasteiger partial charge on any atom is 0.335 e. The first-order valence-electron chi connectivity index (χ1n) is 7.80. The first kappa shape index (κ1) is 15.2. The van der Waals surface area contributed by atoms with Crippen LogP contribution in [0.2, 0.25) is 5.02 Å². The second kappa shape index (κ2) is 5.64. The minimum Gasteiger partial charge on any atom is -0.478 e. The van der Waals surface area contributed by atoms with E-state index in [2.05, 4.69) is 17.5 Å². The predicted molar refractivity (Wildman–Crippen MR) is 91.2 cm³/mol. The van der Waals surface area contributed by atoms with Gasteiger partial charge in [0.1, 0.15) is 5.82 Å². The Morgan fingerprint density at radius 3 is 2.79 bits per heavy atom. The number of anilines is 1. The summed E-state index contributed by atoms with van der Waals surface area (Å²) in [4.78, 5) is 11.3. The summed E-state index contributed by atoms with van der Waals surface area (Å²) >= 11 is 6.33. The molecule has 2 N–H and O–H groups in total. The molecule has 3 atom stereocenters. The van der Waals surface area contributed by atoms with Crippen LogP contribution < -0.4 is 5.32 Å². The minimum atomic E-state index is -1.01. The van der Waals surface area contributed by atoms with Crippen molar-refractivity contribution in [2.45, 2.75) is 18.4 Å². The van der Waals surface area contributed by atoms with Crippen LogP contribution >= 0.6 is 11.6 Å². The van der Waals surface area contributed by atoms with Crippen molar-refractivity contribution in [2.75, 3.05) is 5.32 Å². The molecule has 24 heavy (non-hydrogen) atoms. The van der Waals surface area contributed by atoms with Gasteiger partial charge in [-0.3, -0.25) is 0 Å². The van der Waals surface area contributed by atoms with Crippen molar-refractivity contribution in [1.29, 1.82) is 0 Å². The van der Waals surface area contributed by atoms with Crippen molar-refractivity contribution >= 4 is 23.3 Å². The number of carbonyl (C=O) groups is 1. The highest BCUT2D eigenvalue weighted by atomic mass is 35.5. The second-order valence-corrected chi connectivity index (χ2v) is 6.63. The van der Waals surface area contributed by atoms with E-state index in [-0.39, 0.29) is 29.3 Å². The van der Waals surface area contributed by atoms with Crippen LogP contribution in [-0.4, -0.2) is 11.1 Å². The van der Waals surface area contributed by atoms with E-state index < -0.39 is 5.97 Å². The van der Waals surface area contributed by atoms with Gasteiger partial charge in [0.2, 0.25) is 0 Å². The van der Waals surface area contributed by atoms with E-state index >= 15 is 0 Å². The maximum atomic E-state index is 14.3. The predicted octanol–water partition coefficient (Wildman–Crippen LogP) is 5.00. The normalized spacial score (nSPS) is 24.2. The zero-order valence-corrected chi connectivity index (χ0v) is 13.4. The number of nitrogens with one attached hydrogen (secondary N) is 1. The largest absolute Gasteiger partial charge is 0.478 e. The molecule has 1 aliphatic carbocycles. The quantitative estimate of drug-likeness (QED) is 0.754. The van der Waals surface area contributed by atoms with E-state index in [9.17, 15) is 14.3 Å². The number of hydrogen-bond donors (Lipinski definition) is 2. The molecule has 0 radical (unpaired) electrons. The Kier molecular flexibility index (Phi) is 3.57. The van der Waals surface area contributed by atoms with Crippen molar-refractivity contribution in [1.82, 2.24) is 0 Å². The van der Waals surface area contributed by atoms with Crippen LogP contribution in [0.25, 0.3) is 0 Å². The molecule has 0 saturated carbocycles. The van der Waals surface area contributed by atoms with Crippen molar-refractivity contribution in [3.8, 4) is 0 Å². The fraction of sp³-hybridized carbons (Fsp3) is 0.211. The molecule has 122 valence electrons. The summed E-state index contributed by atoms with van der Waals surface area (Å²) in [7, 11) is 0. The van der Waals surface area contributed by atoms with Crippen LogP contribution in [0.5, 0.6) is 0 Å². The number of aromatic carboxylic acids is 1. The van der Waals surface area contributed by atoms with Crippen LogP contribution in [0.3, 0.4) is 0 Å². The summed E-state index contributed by atoms with van der Waals surface area (Å²) in [6.45, 7) is 0. The lowest BCUT2D eigenvalue weighted by atomic mass is 9.76. The number of allylic oxidation sites excluding steroid dienone is 2. The smallest absolute Gasteiger partial charge is 0.335 e. The molecule has 0 unspecified atom stereocenters. The third-order valence-corrected chi connectivity index (χ3v) is 5.21. The van der Waals surface area contributed by atoms with Crippen molar-refractivity contribution in [3.05, 3.63) is 76.1 Å². The zero-order chi connectivity index (χ0) is 16.8. The fourth-order valence-corrected chi connectivity index (χ4v) is 4.10. The zero-order valence-electron chi connectivity index (χ0n) is 12.7. The molecule has 1 aliphatic heterocycles. The maximum absolute atomic E-state index is 14.3. The van der Waals surface area contributed by atoms with E-state index in [1.807, 2.05) is 6.07 Å². The van der Waals surface area contributed by atoms with Crippen LogP contribution in [0.1, 0.15) is 39.9 Å². The molecule has 0 bridgehead atoms. The van der Waals surface area contributed by atoms with E-state index in [0.717, 1.165) is 12.0 Å². The minimum absolute atomic E-state index is 0.0302. The Morgan fingerprint density at radius 1 is 1.25 bits per heavy atom. The molecular weight excluding hydrogens is 329 g/mol. The first-order chi connectivity index (χ1) is 11.6. The Morgan fingerprint density at radius 2 is 2.04 bits per heavy atom. The third kappa shape index (κ3) is 2.29. The van der Waals surface area contributed by atoms with Crippen LogP contribution in [0.4, 0.5) is 10.1 Å². The van der Waals surface area contributed by atoms with Crippen LogP contribution in [0.15, 0.2) is 48.6 Å². The van der Waals surface area contributed by atoms with E-state index in [1.54, 1.807) is 18.2 Å². The number of carboxylic acid groups (broad SMARTS) is 1. The lowest BCUT2D eigenvalue weighted by Gasteiger charge is -2.38. The molecule has 0 saturated heterocycles. The van der Waals surface area contributed by atoms with Gasteiger partial charge in [0.05, 0.1) is 22.3 Å². The number of carboxylic acids is 1. The van der Waals surface area contributed by atoms with E-state index in [0.29, 0.717) is 16.3 Å². The van der Waals surface area contributed by atoms with Gasteiger partial charge in [0.15, 0.2) is 0 Å². The lowest BCUT2D eigenvalue weighted by molar-refractivity contribution is 0.0696. The standard InChI is InChI=1S/C19H15ClFNO2/c20-15-9-10(19(23)24)8-14-11-5-3-6-12(11)17(22-18(14)15)13-4-1-2-7-16(13)21/h1-5,7-9,11-12,17,22H,6H2,(H,23,24)/t11-,12-,17-/m1/s1. The summed E-state index contributed by atoms with van der Waals surface area (Å²) in [6.07, 6.45) is 4.95. The molecule has 4 rings (SSSR count). The average molecular weight is 344 g/mol. The molecule has 2 aromatic carbocycles. The summed E-state index contributed by atoms with van der Waals surface area (Å²) in [5.41, 5.74) is 2.35. The van der Waals surface area contributed by atoms with Crippen LogP contribution in [-0.2, 0) is 0 Å². The topological polar surface area (TPSA) is 49.3 Å². The Balaban J connectivity index is 1.85. The summed E-state index contributed by atoms with van der Waals surface area (Å²) in [6, 6.07) is 9.64. The summed E-state index contributed by atoms with van der Waals surface area (Å²) < 4.78 is 14.3. The second-order valence-electron chi connectivity index (χ2n) is 6.22. The molecule has 0 aromatic heterocycles. The van der Waals surface area contributed by atoms with Gasteiger partial charge in [-0.1, -0.05) is 42.0 Å². The molecule has 0 fully saturated rings. The van der Waals surface area contributed by atoms with Crippen molar-refractivity contribution in [3.63, 3.8) is 0 Å². The van der Waals surface area contributed by atoms with Crippen molar-refractivity contribution in [2.24, 2.45) is 5.92 Å². The van der Waals surface area contributed by atoms with Gasteiger partial charge < -0.3 is 10.4 Å². The number of fused-ring (bicyclic) bond motifs is 3. The first-order valence-corrected chi connectivity index (χ1v) is 8.18. The molecule has 2 aliphatic rings. The number of hydrogen-bond acceptors (Lipinski definition) is 2. The van der Waals surface area contributed by atoms with Gasteiger partial charge in [-0.2, -0.15) is 0 Å². The molecule has 3 nitrogen and oxygen atoms in total. The molecular formula is C19H15ClFNO2. The van der Waals surface area contributed by atoms with Gasteiger partial charge in [0, 0.05) is 11.5 Å². The summed E-state index contributed by atoms with van der Waals surface area (Å²) in [5.74, 6) is -1.09. The highest BCUT2D eigenvalue weighted by molar-refractivity contribution is 6.33. The Hall–Kier alpha value is -2.33. The molecule has 1 heterocycles. The van der Waals surface area contributed by atoms with Gasteiger partial charge in [-0.25, -0.2) is 9.18 Å². The Labute approximate surface area is 143 Å². The SMILES string of the molecule is O=C(O)c1cc(Cl)c2c(c1)[C@@H]1C=CC[C@H]1[C@H](c1ccccc1F)N2. The fourth-order valence-electron chi connectivity index (χ4n) is 3.81. The number of rotatable bonds is 2. The molecule has 0 spiro atoms.